The fourth-order valence-corrected chi connectivity index (χ4v) is 2.77. The molecule has 0 spiro atoms. The number of halogens is 2. The van der Waals surface area contributed by atoms with Crippen molar-refractivity contribution >= 4 is 44.2 Å². The number of nitrogens with one attached hydrogen (secondary N) is 1. The highest BCUT2D eigenvalue weighted by Gasteiger charge is 2.03. The molecule has 2 rings (SSSR count). The number of rotatable bonds is 3. The van der Waals surface area contributed by atoms with E-state index in [1.54, 1.807) is 6.07 Å². The number of aromatic hydroxyl groups is 1. The Labute approximate surface area is 129 Å². The second-order valence-electron chi connectivity index (χ2n) is 4.09. The number of anilines is 1. The van der Waals surface area contributed by atoms with E-state index in [1.165, 1.54) is 9.13 Å². The molecule has 0 saturated carbocycles. The normalized spacial score (nSPS) is 10.4. The van der Waals surface area contributed by atoms with Crippen LogP contribution < -0.4 is 5.32 Å². The zero-order valence-corrected chi connectivity index (χ0v) is 13.6. The quantitative estimate of drug-likeness (QED) is 0.710. The topological polar surface area (TPSA) is 32.3 Å². The van der Waals surface area contributed by atoms with Gasteiger partial charge in [0.25, 0.3) is 0 Å². The highest BCUT2D eigenvalue weighted by Crippen LogP contribution is 2.24. The van der Waals surface area contributed by atoms with Crippen molar-refractivity contribution in [2.75, 3.05) is 5.32 Å². The fraction of sp³-hybridized carbons (Fsp3) is 0.143. The molecular weight excluding hydrogens is 405 g/mol. The third kappa shape index (κ3) is 3.38. The van der Waals surface area contributed by atoms with Crippen LogP contribution in [0.4, 0.5) is 5.69 Å². The van der Waals surface area contributed by atoms with Crippen LogP contribution in [0.1, 0.15) is 11.1 Å². The van der Waals surface area contributed by atoms with Crippen LogP contribution in [0.15, 0.2) is 40.9 Å². The van der Waals surface area contributed by atoms with Crippen molar-refractivity contribution < 1.29 is 5.11 Å². The van der Waals surface area contributed by atoms with Gasteiger partial charge in [-0.1, -0.05) is 15.9 Å². The molecule has 2 aromatic carbocycles. The minimum absolute atomic E-state index is 0.314. The summed E-state index contributed by atoms with van der Waals surface area (Å²) in [4.78, 5) is 0. The lowest BCUT2D eigenvalue weighted by Gasteiger charge is -2.11. The van der Waals surface area contributed by atoms with Crippen LogP contribution >= 0.6 is 38.5 Å². The molecule has 0 unspecified atom stereocenters. The Balaban J connectivity index is 2.13. The van der Waals surface area contributed by atoms with Gasteiger partial charge in [-0.3, -0.25) is 0 Å². The van der Waals surface area contributed by atoms with Gasteiger partial charge in [0, 0.05) is 25.8 Å². The van der Waals surface area contributed by atoms with Gasteiger partial charge >= 0.3 is 0 Å². The molecule has 0 aromatic heterocycles. The smallest absolute Gasteiger partial charge is 0.120 e. The molecule has 0 aliphatic rings. The van der Waals surface area contributed by atoms with Gasteiger partial charge in [-0.25, -0.2) is 0 Å². The zero-order valence-electron chi connectivity index (χ0n) is 9.87. The van der Waals surface area contributed by atoms with Crippen LogP contribution in [-0.4, -0.2) is 5.11 Å². The van der Waals surface area contributed by atoms with E-state index in [4.69, 9.17) is 0 Å². The second-order valence-corrected chi connectivity index (χ2v) is 6.25. The molecule has 0 fully saturated rings. The Bertz CT molecular complexity index is 572. The van der Waals surface area contributed by atoms with Crippen LogP contribution in [0.2, 0.25) is 0 Å². The van der Waals surface area contributed by atoms with Crippen LogP contribution in [0.5, 0.6) is 5.75 Å². The van der Waals surface area contributed by atoms with Gasteiger partial charge in [0.2, 0.25) is 0 Å². The summed E-state index contributed by atoms with van der Waals surface area (Å²) in [5.74, 6) is 0.314. The van der Waals surface area contributed by atoms with E-state index in [9.17, 15) is 5.11 Å². The maximum absolute atomic E-state index is 9.76. The molecule has 4 heteroatoms. The monoisotopic (exact) mass is 417 g/mol. The van der Waals surface area contributed by atoms with Gasteiger partial charge in [0.1, 0.15) is 5.75 Å². The molecule has 0 saturated heterocycles. The van der Waals surface area contributed by atoms with Gasteiger partial charge in [-0.15, -0.1) is 0 Å². The number of hydrogen-bond acceptors (Lipinski definition) is 2. The summed E-state index contributed by atoms with van der Waals surface area (Å²) >= 11 is 5.70. The first-order valence-electron chi connectivity index (χ1n) is 5.53. The summed E-state index contributed by atoms with van der Waals surface area (Å²) in [6, 6.07) is 11.7. The Morgan fingerprint density at radius 2 is 2.00 bits per heavy atom. The molecule has 0 aliphatic heterocycles. The first kappa shape index (κ1) is 13.7. The summed E-state index contributed by atoms with van der Waals surface area (Å²) in [6.45, 7) is 2.68. The van der Waals surface area contributed by atoms with E-state index in [-0.39, 0.29) is 0 Å². The second kappa shape index (κ2) is 5.93. The Morgan fingerprint density at radius 1 is 1.22 bits per heavy atom. The Hall–Kier alpha value is -0.750. The van der Waals surface area contributed by atoms with E-state index in [2.05, 4.69) is 69.0 Å². The molecule has 0 heterocycles. The van der Waals surface area contributed by atoms with E-state index in [0.717, 1.165) is 15.7 Å². The molecule has 2 nitrogen and oxygen atoms in total. The molecule has 0 aliphatic carbocycles. The largest absolute Gasteiger partial charge is 0.508 e. The standard InChI is InChI=1S/C14H13BrINO/c1-9-6-12(16)3-4-13(9)17-8-10-7-11(15)2-5-14(10)18/h2-7,17-18H,8H2,1H3. The van der Waals surface area contributed by atoms with Crippen molar-refractivity contribution in [1.29, 1.82) is 0 Å². The summed E-state index contributed by atoms with van der Waals surface area (Å²) in [6.07, 6.45) is 0. The van der Waals surface area contributed by atoms with Gasteiger partial charge in [-0.2, -0.15) is 0 Å². The van der Waals surface area contributed by atoms with Crippen molar-refractivity contribution in [1.82, 2.24) is 0 Å². The van der Waals surface area contributed by atoms with Gasteiger partial charge < -0.3 is 10.4 Å². The van der Waals surface area contributed by atoms with Crippen LogP contribution in [0.3, 0.4) is 0 Å². The lowest BCUT2D eigenvalue weighted by molar-refractivity contribution is 0.469. The van der Waals surface area contributed by atoms with Crippen LogP contribution in [-0.2, 0) is 6.54 Å². The summed E-state index contributed by atoms with van der Waals surface area (Å²) < 4.78 is 2.19. The van der Waals surface area contributed by atoms with E-state index in [0.29, 0.717) is 12.3 Å². The third-order valence-corrected chi connectivity index (χ3v) is 3.86. The highest BCUT2D eigenvalue weighted by atomic mass is 127. The van der Waals surface area contributed by atoms with Crippen molar-refractivity contribution in [2.24, 2.45) is 0 Å². The predicted molar refractivity (Wildman–Crippen MR) is 87.0 cm³/mol. The minimum atomic E-state index is 0.314. The Kier molecular flexibility index (Phi) is 4.50. The SMILES string of the molecule is Cc1cc(I)ccc1NCc1cc(Br)ccc1O. The van der Waals surface area contributed by atoms with Crippen molar-refractivity contribution in [3.63, 3.8) is 0 Å². The van der Waals surface area contributed by atoms with Crippen molar-refractivity contribution in [3.05, 3.63) is 55.6 Å². The van der Waals surface area contributed by atoms with Crippen molar-refractivity contribution in [3.8, 4) is 5.75 Å². The molecule has 0 bridgehead atoms. The number of aryl methyl sites for hydroxylation is 1. The zero-order chi connectivity index (χ0) is 13.1. The Morgan fingerprint density at radius 3 is 2.72 bits per heavy atom. The predicted octanol–water partition coefficient (Wildman–Crippen LogP) is 4.68. The molecule has 2 aromatic rings. The summed E-state index contributed by atoms with van der Waals surface area (Å²) in [5.41, 5.74) is 3.17. The van der Waals surface area contributed by atoms with Crippen LogP contribution in [0.25, 0.3) is 0 Å². The van der Waals surface area contributed by atoms with Crippen molar-refractivity contribution in [2.45, 2.75) is 13.5 Å². The molecule has 0 radical (unpaired) electrons. The molecule has 0 atom stereocenters. The van der Waals surface area contributed by atoms with E-state index in [1.807, 2.05) is 12.1 Å². The highest BCUT2D eigenvalue weighted by molar-refractivity contribution is 14.1. The number of phenols is 1. The number of phenolic OH excluding ortho intramolecular Hbond substituents is 1. The maximum Gasteiger partial charge on any atom is 0.120 e. The van der Waals surface area contributed by atoms with Gasteiger partial charge in [-0.05, 0) is 71.5 Å². The van der Waals surface area contributed by atoms with E-state index < -0.39 is 0 Å². The van der Waals surface area contributed by atoms with Crippen LogP contribution in [0, 0.1) is 10.5 Å². The average Bonchev–Trinajstić information content (AvgIpc) is 2.32. The fourth-order valence-electron chi connectivity index (χ4n) is 1.71. The molecule has 2 N–H and O–H groups in total. The van der Waals surface area contributed by atoms with E-state index >= 15 is 0 Å². The van der Waals surface area contributed by atoms with Gasteiger partial charge in [0.15, 0.2) is 0 Å². The summed E-state index contributed by atoms with van der Waals surface area (Å²) in [7, 11) is 0. The number of hydrogen-bond donors (Lipinski definition) is 2. The average molecular weight is 418 g/mol. The molecule has 0 amide bonds. The van der Waals surface area contributed by atoms with Gasteiger partial charge in [0.05, 0.1) is 0 Å². The molecule has 18 heavy (non-hydrogen) atoms. The lowest BCUT2D eigenvalue weighted by atomic mass is 10.1. The first-order chi connectivity index (χ1) is 8.56. The lowest BCUT2D eigenvalue weighted by Crippen LogP contribution is -2.01. The minimum Gasteiger partial charge on any atom is -0.508 e. The number of benzene rings is 2. The first-order valence-corrected chi connectivity index (χ1v) is 7.41. The summed E-state index contributed by atoms with van der Waals surface area (Å²) in [5, 5.41) is 13.1. The third-order valence-electron chi connectivity index (χ3n) is 2.70. The maximum atomic E-state index is 9.76. The molecule has 94 valence electrons. The molecular formula is C14H13BrINO.